The van der Waals surface area contributed by atoms with Gasteiger partial charge >= 0.3 is 5.97 Å². The van der Waals surface area contributed by atoms with Crippen molar-refractivity contribution in [2.45, 2.75) is 6.04 Å². The number of hydrogen-bond donors (Lipinski definition) is 2. The lowest BCUT2D eigenvalue weighted by molar-refractivity contribution is -0.139. The van der Waals surface area contributed by atoms with Crippen LogP contribution in [0, 0.1) is 0 Å². The summed E-state index contributed by atoms with van der Waals surface area (Å²) in [6.07, 6.45) is 0. The molecule has 0 aliphatic carbocycles. The standard InChI is InChI=1S/C12H14Cl2N2O3/c1-19-9-3-2-7(13)10(14)11(9)16-5-4-15-8(6-16)12(17)18/h2-3,8,15H,4-6H2,1H3,(H,17,18). The minimum absolute atomic E-state index is 0.311. The highest BCUT2D eigenvalue weighted by Crippen LogP contribution is 2.40. The van der Waals surface area contributed by atoms with Crippen LogP contribution < -0.4 is 15.0 Å². The van der Waals surface area contributed by atoms with Gasteiger partial charge in [0.05, 0.1) is 22.8 Å². The lowest BCUT2D eigenvalue weighted by atomic mass is 10.1. The summed E-state index contributed by atoms with van der Waals surface area (Å²) >= 11 is 12.2. The van der Waals surface area contributed by atoms with E-state index in [0.717, 1.165) is 0 Å². The van der Waals surface area contributed by atoms with E-state index < -0.39 is 12.0 Å². The Labute approximate surface area is 121 Å². The summed E-state index contributed by atoms with van der Waals surface area (Å²) in [7, 11) is 1.54. The summed E-state index contributed by atoms with van der Waals surface area (Å²) in [6, 6.07) is 2.75. The molecule has 5 nitrogen and oxygen atoms in total. The molecule has 1 atom stereocenters. The normalized spacial score (nSPS) is 19.3. The van der Waals surface area contributed by atoms with Crippen molar-refractivity contribution in [1.82, 2.24) is 5.32 Å². The zero-order valence-electron chi connectivity index (χ0n) is 10.3. The summed E-state index contributed by atoms with van der Waals surface area (Å²) in [6.45, 7) is 1.51. The van der Waals surface area contributed by atoms with E-state index in [2.05, 4.69) is 5.32 Å². The van der Waals surface area contributed by atoms with Crippen molar-refractivity contribution in [3.05, 3.63) is 22.2 Å². The molecule has 2 N–H and O–H groups in total. The van der Waals surface area contributed by atoms with Crippen LogP contribution in [0.1, 0.15) is 0 Å². The summed E-state index contributed by atoms with van der Waals surface area (Å²) in [5.74, 6) is -0.303. The molecule has 0 amide bonds. The molecule has 1 aromatic carbocycles. The molecule has 1 aliphatic heterocycles. The molecule has 0 spiro atoms. The topological polar surface area (TPSA) is 61.8 Å². The largest absolute Gasteiger partial charge is 0.495 e. The van der Waals surface area contributed by atoms with Gasteiger partial charge in [-0.05, 0) is 12.1 Å². The molecule has 0 radical (unpaired) electrons. The first kappa shape index (κ1) is 14.2. The lowest BCUT2D eigenvalue weighted by Crippen LogP contribution is -2.54. The van der Waals surface area contributed by atoms with Crippen molar-refractivity contribution in [3.63, 3.8) is 0 Å². The quantitative estimate of drug-likeness (QED) is 0.892. The van der Waals surface area contributed by atoms with Gasteiger partial charge < -0.3 is 20.1 Å². The Bertz CT molecular complexity index is 496. The number of benzene rings is 1. The average molecular weight is 305 g/mol. The van der Waals surface area contributed by atoms with Crippen molar-refractivity contribution < 1.29 is 14.6 Å². The second kappa shape index (κ2) is 5.86. The first-order valence-electron chi connectivity index (χ1n) is 5.77. The molecule has 0 saturated carbocycles. The monoisotopic (exact) mass is 304 g/mol. The molecule has 1 heterocycles. The molecule has 1 aromatic rings. The SMILES string of the molecule is COc1ccc(Cl)c(Cl)c1N1CCNC(C(=O)O)C1. The molecule has 7 heteroatoms. The van der Waals surface area contributed by atoms with Crippen LogP contribution in [-0.4, -0.2) is 43.9 Å². The average Bonchev–Trinajstić information content (AvgIpc) is 2.41. The Hall–Kier alpha value is -1.17. The molecule has 104 valence electrons. The number of halogens is 2. The Morgan fingerprint density at radius 1 is 1.53 bits per heavy atom. The van der Waals surface area contributed by atoms with E-state index in [0.29, 0.717) is 41.1 Å². The Morgan fingerprint density at radius 3 is 2.89 bits per heavy atom. The summed E-state index contributed by atoms with van der Waals surface area (Å²) in [5, 5.41) is 12.8. The Morgan fingerprint density at radius 2 is 2.26 bits per heavy atom. The van der Waals surface area contributed by atoms with Crippen molar-refractivity contribution in [3.8, 4) is 5.75 Å². The first-order chi connectivity index (χ1) is 9.04. The van der Waals surface area contributed by atoms with Crippen LogP contribution in [0.15, 0.2) is 12.1 Å². The highest BCUT2D eigenvalue weighted by Gasteiger charge is 2.28. The van der Waals surface area contributed by atoms with Gasteiger partial charge in [-0.1, -0.05) is 23.2 Å². The third-order valence-corrected chi connectivity index (χ3v) is 3.84. The summed E-state index contributed by atoms with van der Waals surface area (Å²) in [5.41, 5.74) is 0.643. The van der Waals surface area contributed by atoms with E-state index in [-0.39, 0.29) is 0 Å². The number of nitrogens with one attached hydrogen (secondary N) is 1. The number of anilines is 1. The molecular formula is C12H14Cl2N2O3. The van der Waals surface area contributed by atoms with Crippen LogP contribution in [0.3, 0.4) is 0 Å². The molecule has 1 saturated heterocycles. The molecule has 0 bridgehead atoms. The predicted molar refractivity (Wildman–Crippen MR) is 74.7 cm³/mol. The number of aliphatic carboxylic acids is 1. The number of carboxylic acids is 1. The molecule has 1 fully saturated rings. The minimum atomic E-state index is -0.887. The molecule has 1 unspecified atom stereocenters. The van der Waals surface area contributed by atoms with Crippen LogP contribution in [0.5, 0.6) is 5.75 Å². The van der Waals surface area contributed by atoms with Crippen LogP contribution in [-0.2, 0) is 4.79 Å². The highest BCUT2D eigenvalue weighted by atomic mass is 35.5. The zero-order valence-corrected chi connectivity index (χ0v) is 11.8. The van der Waals surface area contributed by atoms with Crippen molar-refractivity contribution >= 4 is 34.9 Å². The van der Waals surface area contributed by atoms with Gasteiger partial charge in [0.25, 0.3) is 0 Å². The number of piperazine rings is 1. The van der Waals surface area contributed by atoms with Gasteiger partial charge in [-0.25, -0.2) is 0 Å². The number of hydrogen-bond acceptors (Lipinski definition) is 4. The van der Waals surface area contributed by atoms with Gasteiger partial charge in [0.2, 0.25) is 0 Å². The summed E-state index contributed by atoms with van der Waals surface area (Å²) in [4.78, 5) is 12.9. The second-order valence-corrected chi connectivity index (χ2v) is 4.99. The number of rotatable bonds is 3. The van der Waals surface area contributed by atoms with Crippen LogP contribution >= 0.6 is 23.2 Å². The number of ether oxygens (including phenoxy) is 1. The molecule has 0 aromatic heterocycles. The lowest BCUT2D eigenvalue weighted by Gasteiger charge is -2.34. The third-order valence-electron chi connectivity index (χ3n) is 3.04. The van der Waals surface area contributed by atoms with Crippen LogP contribution in [0.25, 0.3) is 0 Å². The number of carbonyl (C=O) groups is 1. The van der Waals surface area contributed by atoms with E-state index in [1.54, 1.807) is 19.2 Å². The van der Waals surface area contributed by atoms with E-state index >= 15 is 0 Å². The fraction of sp³-hybridized carbons (Fsp3) is 0.417. The van der Waals surface area contributed by atoms with E-state index in [1.165, 1.54) is 0 Å². The maximum absolute atomic E-state index is 11.1. The predicted octanol–water partition coefficient (Wildman–Crippen LogP) is 1.86. The van der Waals surface area contributed by atoms with E-state index in [4.69, 9.17) is 33.0 Å². The van der Waals surface area contributed by atoms with Crippen molar-refractivity contribution in [2.75, 3.05) is 31.6 Å². The fourth-order valence-corrected chi connectivity index (χ4v) is 2.53. The Kier molecular flexibility index (Phi) is 4.39. The number of carboxylic acid groups (broad SMARTS) is 1. The highest BCUT2D eigenvalue weighted by molar-refractivity contribution is 6.44. The maximum atomic E-state index is 11.1. The first-order valence-corrected chi connectivity index (χ1v) is 6.53. The van der Waals surface area contributed by atoms with Gasteiger partial charge in [0, 0.05) is 19.6 Å². The van der Waals surface area contributed by atoms with Gasteiger partial charge in [0.1, 0.15) is 11.8 Å². The van der Waals surface area contributed by atoms with E-state index in [1.807, 2.05) is 4.90 Å². The van der Waals surface area contributed by atoms with Gasteiger partial charge in [-0.3, -0.25) is 4.79 Å². The van der Waals surface area contributed by atoms with Crippen LogP contribution in [0.2, 0.25) is 10.0 Å². The van der Waals surface area contributed by atoms with Crippen molar-refractivity contribution in [1.29, 1.82) is 0 Å². The van der Waals surface area contributed by atoms with E-state index in [9.17, 15) is 4.79 Å². The second-order valence-electron chi connectivity index (χ2n) is 4.20. The fourth-order valence-electron chi connectivity index (χ4n) is 2.10. The molecule has 19 heavy (non-hydrogen) atoms. The summed E-state index contributed by atoms with van der Waals surface area (Å²) < 4.78 is 5.28. The molecule has 1 aliphatic rings. The smallest absolute Gasteiger partial charge is 0.322 e. The van der Waals surface area contributed by atoms with Gasteiger partial charge in [-0.15, -0.1) is 0 Å². The maximum Gasteiger partial charge on any atom is 0.322 e. The third kappa shape index (κ3) is 2.88. The number of methoxy groups -OCH3 is 1. The van der Waals surface area contributed by atoms with Gasteiger partial charge in [-0.2, -0.15) is 0 Å². The molecule has 2 rings (SSSR count). The van der Waals surface area contributed by atoms with Gasteiger partial charge in [0.15, 0.2) is 0 Å². The zero-order chi connectivity index (χ0) is 14.0. The Balaban J connectivity index is 2.35. The van der Waals surface area contributed by atoms with Crippen molar-refractivity contribution in [2.24, 2.45) is 0 Å². The van der Waals surface area contributed by atoms with Crippen LogP contribution in [0.4, 0.5) is 5.69 Å². The minimum Gasteiger partial charge on any atom is -0.495 e. The number of nitrogens with zero attached hydrogens (tertiary/aromatic N) is 1. The molecular weight excluding hydrogens is 291 g/mol.